The number of benzene rings is 1. The summed E-state index contributed by atoms with van der Waals surface area (Å²) in [4.78, 5) is 23.0. The molecule has 0 bridgehead atoms. The van der Waals surface area contributed by atoms with Gasteiger partial charge in [0.15, 0.2) is 0 Å². The number of aromatic nitrogens is 1. The summed E-state index contributed by atoms with van der Waals surface area (Å²) in [5.74, 6) is 0.676. The van der Waals surface area contributed by atoms with Gasteiger partial charge in [0, 0.05) is 31.6 Å². The molecule has 1 aliphatic heterocycles. The molecule has 148 valence electrons. The van der Waals surface area contributed by atoms with Crippen LogP contribution in [0.1, 0.15) is 15.4 Å². The number of carbonyl (C=O) groups excluding carboxylic acids is 1. The molecule has 0 aliphatic carbocycles. The van der Waals surface area contributed by atoms with Gasteiger partial charge in [-0.15, -0.1) is 35.1 Å². The number of hydrogen-bond acceptors (Lipinski definition) is 6. The Balaban J connectivity index is 0.00000225. The van der Waals surface area contributed by atoms with Crippen LogP contribution in [-0.2, 0) is 6.54 Å². The molecule has 0 saturated carbocycles. The third-order valence-corrected chi connectivity index (χ3v) is 6.41. The van der Waals surface area contributed by atoms with E-state index in [-0.39, 0.29) is 18.3 Å². The highest BCUT2D eigenvalue weighted by molar-refractivity contribution is 7.14. The van der Waals surface area contributed by atoms with Crippen molar-refractivity contribution in [2.75, 3.05) is 33.3 Å². The Morgan fingerprint density at radius 1 is 1.11 bits per heavy atom. The summed E-state index contributed by atoms with van der Waals surface area (Å²) < 4.78 is 5.33. The summed E-state index contributed by atoms with van der Waals surface area (Å²) in [6, 6.07) is 11.6. The van der Waals surface area contributed by atoms with Gasteiger partial charge in [-0.1, -0.05) is 18.2 Å². The van der Waals surface area contributed by atoms with Gasteiger partial charge in [-0.2, -0.15) is 0 Å². The number of thiophene rings is 1. The van der Waals surface area contributed by atoms with Gasteiger partial charge in [-0.3, -0.25) is 9.69 Å². The van der Waals surface area contributed by atoms with Crippen LogP contribution in [0.3, 0.4) is 0 Å². The molecule has 0 unspecified atom stereocenters. The molecule has 4 rings (SSSR count). The lowest BCUT2D eigenvalue weighted by Crippen LogP contribution is -2.48. The van der Waals surface area contributed by atoms with Crippen molar-refractivity contribution < 1.29 is 9.53 Å². The van der Waals surface area contributed by atoms with E-state index in [1.54, 1.807) is 29.8 Å². The number of thiazole rings is 1. The number of nitrogens with zero attached hydrogens (tertiary/aromatic N) is 3. The molecule has 5 nitrogen and oxygen atoms in total. The van der Waals surface area contributed by atoms with Crippen LogP contribution in [0, 0.1) is 0 Å². The minimum Gasteiger partial charge on any atom is -0.496 e. The van der Waals surface area contributed by atoms with Crippen LogP contribution in [-0.4, -0.2) is 54.0 Å². The normalized spacial score (nSPS) is 14.5. The Bertz CT molecular complexity index is 906. The number of para-hydroxylation sites is 1. The summed E-state index contributed by atoms with van der Waals surface area (Å²) in [6.45, 7) is 4.00. The molecule has 1 saturated heterocycles. The predicted octanol–water partition coefficient (Wildman–Crippen LogP) is 4.26. The molecule has 0 atom stereocenters. The minimum atomic E-state index is 0. The van der Waals surface area contributed by atoms with Crippen LogP contribution < -0.4 is 4.74 Å². The number of amides is 1. The first-order chi connectivity index (χ1) is 13.2. The molecule has 3 heterocycles. The zero-order chi connectivity index (χ0) is 18.6. The van der Waals surface area contributed by atoms with Crippen molar-refractivity contribution >= 4 is 41.0 Å². The first-order valence-electron chi connectivity index (χ1n) is 8.87. The highest BCUT2D eigenvalue weighted by Gasteiger charge is 2.24. The molecular weight excluding hydrogens is 414 g/mol. The molecular formula is C20H22ClN3O2S2. The first-order valence-corrected chi connectivity index (χ1v) is 10.6. The van der Waals surface area contributed by atoms with Crippen molar-refractivity contribution in [3.05, 3.63) is 57.7 Å². The quantitative estimate of drug-likeness (QED) is 0.600. The van der Waals surface area contributed by atoms with Gasteiger partial charge in [-0.05, 0) is 23.6 Å². The van der Waals surface area contributed by atoms with Crippen molar-refractivity contribution in [2.24, 2.45) is 0 Å². The van der Waals surface area contributed by atoms with E-state index in [0.717, 1.165) is 43.4 Å². The number of methoxy groups -OCH3 is 1. The highest BCUT2D eigenvalue weighted by atomic mass is 35.5. The lowest BCUT2D eigenvalue weighted by atomic mass is 10.1. The second-order valence-electron chi connectivity index (χ2n) is 6.37. The molecule has 2 aromatic heterocycles. The average molecular weight is 436 g/mol. The zero-order valence-electron chi connectivity index (χ0n) is 15.5. The maximum absolute atomic E-state index is 12.8. The third kappa shape index (κ3) is 4.55. The summed E-state index contributed by atoms with van der Waals surface area (Å²) in [5.41, 5.74) is 1.70. The smallest absolute Gasteiger partial charge is 0.257 e. The van der Waals surface area contributed by atoms with E-state index in [2.05, 4.69) is 27.8 Å². The van der Waals surface area contributed by atoms with E-state index in [9.17, 15) is 4.79 Å². The number of ether oxygens (including phenoxy) is 1. The Morgan fingerprint density at radius 3 is 2.61 bits per heavy atom. The van der Waals surface area contributed by atoms with Gasteiger partial charge < -0.3 is 9.64 Å². The van der Waals surface area contributed by atoms with Crippen LogP contribution in [0.15, 0.2) is 47.2 Å². The fraction of sp³-hybridized carbons (Fsp3) is 0.300. The van der Waals surface area contributed by atoms with Crippen molar-refractivity contribution in [1.82, 2.24) is 14.8 Å². The zero-order valence-corrected chi connectivity index (χ0v) is 18.0. The highest BCUT2D eigenvalue weighted by Crippen LogP contribution is 2.27. The van der Waals surface area contributed by atoms with Crippen LogP contribution in [0.2, 0.25) is 0 Å². The number of halogens is 1. The molecule has 1 aliphatic rings. The van der Waals surface area contributed by atoms with Crippen LogP contribution in [0.5, 0.6) is 5.75 Å². The average Bonchev–Trinajstić information content (AvgIpc) is 3.40. The standard InChI is InChI=1S/C20H21N3O2S2.ClH/c1-25-17-6-3-2-5-15(17)20(24)23-10-8-22(9-11-23)13-19-21-16(14-27-19)18-7-4-12-26-18;/h2-7,12,14H,8-11,13H2,1H3;1H. The maximum Gasteiger partial charge on any atom is 0.257 e. The molecule has 0 spiro atoms. The Morgan fingerprint density at radius 2 is 1.89 bits per heavy atom. The Hall–Kier alpha value is -1.93. The number of piperazine rings is 1. The van der Waals surface area contributed by atoms with Gasteiger partial charge in [0.25, 0.3) is 5.91 Å². The van der Waals surface area contributed by atoms with Gasteiger partial charge in [0.2, 0.25) is 0 Å². The molecule has 1 aromatic carbocycles. The third-order valence-electron chi connectivity index (χ3n) is 4.68. The summed E-state index contributed by atoms with van der Waals surface area (Å²) in [5, 5.41) is 5.33. The Labute approximate surface area is 179 Å². The lowest BCUT2D eigenvalue weighted by molar-refractivity contribution is 0.0625. The number of rotatable bonds is 5. The van der Waals surface area contributed by atoms with Gasteiger partial charge >= 0.3 is 0 Å². The van der Waals surface area contributed by atoms with Gasteiger partial charge in [0.1, 0.15) is 10.8 Å². The van der Waals surface area contributed by atoms with Crippen LogP contribution in [0.25, 0.3) is 10.6 Å². The summed E-state index contributed by atoms with van der Waals surface area (Å²) in [6.07, 6.45) is 0. The molecule has 1 amide bonds. The number of hydrogen-bond donors (Lipinski definition) is 0. The first kappa shape index (κ1) is 20.8. The number of carbonyl (C=O) groups is 1. The summed E-state index contributed by atoms with van der Waals surface area (Å²) >= 11 is 3.42. The molecule has 0 N–H and O–H groups in total. The Kier molecular flexibility index (Phi) is 7.07. The van der Waals surface area contributed by atoms with Crippen molar-refractivity contribution in [1.29, 1.82) is 0 Å². The van der Waals surface area contributed by atoms with Gasteiger partial charge in [0.05, 0.1) is 29.8 Å². The maximum atomic E-state index is 12.8. The fourth-order valence-electron chi connectivity index (χ4n) is 3.21. The summed E-state index contributed by atoms with van der Waals surface area (Å²) in [7, 11) is 1.60. The SMILES string of the molecule is COc1ccccc1C(=O)N1CCN(Cc2nc(-c3cccs3)cs2)CC1.Cl. The molecule has 0 radical (unpaired) electrons. The van der Waals surface area contributed by atoms with Crippen molar-refractivity contribution in [3.63, 3.8) is 0 Å². The van der Waals surface area contributed by atoms with Crippen molar-refractivity contribution in [2.45, 2.75) is 6.54 Å². The largest absolute Gasteiger partial charge is 0.496 e. The van der Waals surface area contributed by atoms with E-state index in [0.29, 0.717) is 11.3 Å². The van der Waals surface area contributed by atoms with E-state index >= 15 is 0 Å². The van der Waals surface area contributed by atoms with E-state index in [1.807, 2.05) is 29.2 Å². The second-order valence-corrected chi connectivity index (χ2v) is 8.26. The minimum absolute atomic E-state index is 0. The fourth-order valence-corrected chi connectivity index (χ4v) is 4.81. The molecule has 3 aromatic rings. The topological polar surface area (TPSA) is 45.7 Å². The second kappa shape index (κ2) is 9.52. The molecule has 28 heavy (non-hydrogen) atoms. The monoisotopic (exact) mass is 435 g/mol. The molecule has 1 fully saturated rings. The van der Waals surface area contributed by atoms with E-state index in [4.69, 9.17) is 9.72 Å². The van der Waals surface area contributed by atoms with E-state index in [1.165, 1.54) is 4.88 Å². The lowest BCUT2D eigenvalue weighted by Gasteiger charge is -2.34. The van der Waals surface area contributed by atoms with Crippen LogP contribution >= 0.6 is 35.1 Å². The predicted molar refractivity (Wildman–Crippen MR) is 117 cm³/mol. The van der Waals surface area contributed by atoms with E-state index < -0.39 is 0 Å². The van der Waals surface area contributed by atoms with Crippen LogP contribution in [0.4, 0.5) is 0 Å². The van der Waals surface area contributed by atoms with Gasteiger partial charge in [-0.25, -0.2) is 4.98 Å². The van der Waals surface area contributed by atoms with Crippen molar-refractivity contribution in [3.8, 4) is 16.3 Å². The molecule has 8 heteroatoms.